The second-order valence-corrected chi connectivity index (χ2v) is 3.03. The topological polar surface area (TPSA) is 42.6 Å². The zero-order valence-electron chi connectivity index (χ0n) is 5.56. The maximum atomic E-state index is 11.0. The first kappa shape index (κ1) is 6.67. The molecule has 4 heteroatoms. The monoisotopic (exact) mass is 167 g/mol. The number of furan rings is 1. The van der Waals surface area contributed by atoms with Crippen LogP contribution in [0.15, 0.2) is 27.2 Å². The van der Waals surface area contributed by atoms with Gasteiger partial charge in [0.05, 0.1) is 12.5 Å². The van der Waals surface area contributed by atoms with Crippen LogP contribution < -0.4 is 0 Å². The van der Waals surface area contributed by atoms with Crippen molar-refractivity contribution in [1.29, 1.82) is 0 Å². The predicted octanol–water partition coefficient (Wildman–Crippen LogP) is 1.62. The molecule has 1 aliphatic rings. The fourth-order valence-electron chi connectivity index (χ4n) is 0.895. The number of hydrogen-bond acceptors (Lipinski definition) is 4. The van der Waals surface area contributed by atoms with E-state index < -0.39 is 0 Å². The standard InChI is InChI=1S/C7H5NO2S/c9-5-4-8-11-7(5)6-2-1-3-10-6/h1-4,7H. The van der Waals surface area contributed by atoms with Gasteiger partial charge < -0.3 is 4.42 Å². The maximum Gasteiger partial charge on any atom is 0.197 e. The van der Waals surface area contributed by atoms with Crippen molar-refractivity contribution in [2.24, 2.45) is 4.40 Å². The molecule has 0 radical (unpaired) electrons. The Morgan fingerprint density at radius 1 is 1.64 bits per heavy atom. The quantitative estimate of drug-likeness (QED) is 0.597. The SMILES string of the molecule is O=C1C=NSC1c1ccco1. The molecule has 2 rings (SSSR count). The van der Waals surface area contributed by atoms with Crippen LogP contribution in [0.4, 0.5) is 0 Å². The van der Waals surface area contributed by atoms with Gasteiger partial charge in [0, 0.05) is 0 Å². The lowest BCUT2D eigenvalue weighted by Gasteiger charge is -1.98. The molecular weight excluding hydrogens is 162 g/mol. The van der Waals surface area contributed by atoms with Crippen LogP contribution in [-0.4, -0.2) is 12.0 Å². The van der Waals surface area contributed by atoms with E-state index in [4.69, 9.17) is 4.42 Å². The fraction of sp³-hybridized carbons (Fsp3) is 0.143. The molecular formula is C7H5NO2S. The van der Waals surface area contributed by atoms with Crippen LogP contribution in [0.3, 0.4) is 0 Å². The molecule has 1 aliphatic heterocycles. The largest absolute Gasteiger partial charge is 0.468 e. The van der Waals surface area contributed by atoms with Crippen molar-refractivity contribution >= 4 is 23.9 Å². The maximum absolute atomic E-state index is 11.0. The molecule has 0 bridgehead atoms. The van der Waals surface area contributed by atoms with Gasteiger partial charge in [0.15, 0.2) is 5.78 Å². The molecule has 0 amide bonds. The van der Waals surface area contributed by atoms with Crippen molar-refractivity contribution in [3.05, 3.63) is 24.2 Å². The lowest BCUT2D eigenvalue weighted by atomic mass is 10.2. The number of rotatable bonds is 1. The van der Waals surface area contributed by atoms with Crippen molar-refractivity contribution < 1.29 is 9.21 Å². The summed E-state index contributed by atoms with van der Waals surface area (Å²) in [5.41, 5.74) is 0. The van der Waals surface area contributed by atoms with Crippen LogP contribution in [0.1, 0.15) is 11.0 Å². The van der Waals surface area contributed by atoms with Gasteiger partial charge in [-0.15, -0.1) is 0 Å². The van der Waals surface area contributed by atoms with Gasteiger partial charge in [-0.25, -0.2) is 4.40 Å². The molecule has 0 N–H and O–H groups in total. The Balaban J connectivity index is 2.26. The third-order valence-corrected chi connectivity index (χ3v) is 2.31. The highest BCUT2D eigenvalue weighted by Gasteiger charge is 2.26. The Labute approximate surface area is 67.6 Å². The highest BCUT2D eigenvalue weighted by Crippen LogP contribution is 2.33. The van der Waals surface area contributed by atoms with E-state index in [2.05, 4.69) is 4.40 Å². The van der Waals surface area contributed by atoms with Gasteiger partial charge in [-0.1, -0.05) is 0 Å². The number of Topliss-reactive ketones (excluding diaryl/α,β-unsaturated/α-hetero) is 1. The number of ketones is 1. The molecule has 1 aromatic rings. The van der Waals surface area contributed by atoms with Gasteiger partial charge in [-0.05, 0) is 24.1 Å². The van der Waals surface area contributed by atoms with Gasteiger partial charge >= 0.3 is 0 Å². The molecule has 2 heterocycles. The summed E-state index contributed by atoms with van der Waals surface area (Å²) >= 11 is 1.23. The van der Waals surface area contributed by atoms with E-state index in [-0.39, 0.29) is 11.0 Å². The minimum Gasteiger partial charge on any atom is -0.468 e. The van der Waals surface area contributed by atoms with E-state index in [9.17, 15) is 4.79 Å². The van der Waals surface area contributed by atoms with Crippen molar-refractivity contribution in [1.82, 2.24) is 0 Å². The van der Waals surface area contributed by atoms with Gasteiger partial charge in [0.1, 0.15) is 11.0 Å². The Kier molecular flexibility index (Phi) is 1.54. The zero-order chi connectivity index (χ0) is 7.68. The third kappa shape index (κ3) is 1.09. The number of hydrogen-bond donors (Lipinski definition) is 0. The normalized spacial score (nSPS) is 22.9. The second-order valence-electron chi connectivity index (χ2n) is 2.14. The van der Waals surface area contributed by atoms with Crippen LogP contribution in [0.5, 0.6) is 0 Å². The summed E-state index contributed by atoms with van der Waals surface area (Å²) in [6, 6.07) is 3.55. The van der Waals surface area contributed by atoms with E-state index in [1.165, 1.54) is 18.2 Å². The first-order chi connectivity index (χ1) is 5.38. The highest BCUT2D eigenvalue weighted by molar-refractivity contribution is 7.99. The van der Waals surface area contributed by atoms with Gasteiger partial charge in [-0.2, -0.15) is 0 Å². The van der Waals surface area contributed by atoms with Crippen LogP contribution in [0.25, 0.3) is 0 Å². The highest BCUT2D eigenvalue weighted by atomic mass is 32.2. The molecule has 1 unspecified atom stereocenters. The molecule has 0 spiro atoms. The van der Waals surface area contributed by atoms with Crippen LogP contribution >= 0.6 is 11.9 Å². The van der Waals surface area contributed by atoms with E-state index in [0.717, 1.165) is 0 Å². The smallest absolute Gasteiger partial charge is 0.197 e. The fourth-order valence-corrected chi connectivity index (χ4v) is 1.58. The molecule has 0 saturated carbocycles. The van der Waals surface area contributed by atoms with Gasteiger partial charge in [0.2, 0.25) is 0 Å². The minimum absolute atomic E-state index is 0.00458. The molecule has 1 atom stereocenters. The Bertz CT molecular complexity index is 291. The number of carbonyl (C=O) groups is 1. The Morgan fingerprint density at radius 3 is 3.09 bits per heavy atom. The van der Waals surface area contributed by atoms with Crippen molar-refractivity contribution in [2.75, 3.05) is 0 Å². The lowest BCUT2D eigenvalue weighted by molar-refractivity contribution is -0.112. The first-order valence-corrected chi connectivity index (χ1v) is 3.98. The van der Waals surface area contributed by atoms with Crippen LogP contribution in [0.2, 0.25) is 0 Å². The summed E-state index contributed by atoms with van der Waals surface area (Å²) in [7, 11) is 0. The Morgan fingerprint density at radius 2 is 2.55 bits per heavy atom. The molecule has 11 heavy (non-hydrogen) atoms. The summed E-state index contributed by atoms with van der Waals surface area (Å²) in [4.78, 5) is 11.0. The van der Waals surface area contributed by atoms with Crippen molar-refractivity contribution in [2.45, 2.75) is 5.25 Å². The van der Waals surface area contributed by atoms with Crippen molar-refractivity contribution in [3.63, 3.8) is 0 Å². The third-order valence-electron chi connectivity index (χ3n) is 1.41. The molecule has 0 aromatic carbocycles. The first-order valence-electron chi connectivity index (χ1n) is 3.14. The van der Waals surface area contributed by atoms with Gasteiger partial charge in [-0.3, -0.25) is 4.79 Å². The van der Waals surface area contributed by atoms with E-state index >= 15 is 0 Å². The molecule has 0 fully saturated rings. The van der Waals surface area contributed by atoms with Crippen LogP contribution in [-0.2, 0) is 4.79 Å². The average Bonchev–Trinajstić information content (AvgIpc) is 2.55. The number of carbonyl (C=O) groups excluding carboxylic acids is 1. The minimum atomic E-state index is -0.245. The summed E-state index contributed by atoms with van der Waals surface area (Å²) in [6.45, 7) is 0. The molecule has 56 valence electrons. The second kappa shape index (κ2) is 2.54. The summed E-state index contributed by atoms with van der Waals surface area (Å²) in [5, 5.41) is -0.245. The predicted molar refractivity (Wildman–Crippen MR) is 42.5 cm³/mol. The van der Waals surface area contributed by atoms with Gasteiger partial charge in [0.25, 0.3) is 0 Å². The van der Waals surface area contributed by atoms with E-state index in [1.54, 1.807) is 18.4 Å². The van der Waals surface area contributed by atoms with E-state index in [0.29, 0.717) is 5.76 Å². The summed E-state index contributed by atoms with van der Waals surface area (Å²) < 4.78 is 8.85. The van der Waals surface area contributed by atoms with Crippen molar-refractivity contribution in [3.8, 4) is 0 Å². The van der Waals surface area contributed by atoms with E-state index in [1.807, 2.05) is 0 Å². The number of nitrogens with zero attached hydrogens (tertiary/aromatic N) is 1. The molecule has 0 aliphatic carbocycles. The zero-order valence-corrected chi connectivity index (χ0v) is 6.38. The van der Waals surface area contributed by atoms with Crippen LogP contribution in [0, 0.1) is 0 Å². The molecule has 1 aromatic heterocycles. The Hall–Kier alpha value is -1.03. The average molecular weight is 167 g/mol. The summed E-state index contributed by atoms with van der Waals surface area (Å²) in [5.74, 6) is 0.683. The lowest BCUT2D eigenvalue weighted by Crippen LogP contribution is -2.03. The molecule has 0 saturated heterocycles. The summed E-state index contributed by atoms with van der Waals surface area (Å²) in [6.07, 6.45) is 2.89. The molecule has 3 nitrogen and oxygen atoms in total.